The molecule has 6 nitrogen and oxygen atoms in total. The van der Waals surface area contributed by atoms with Crippen LogP contribution in [-0.4, -0.2) is 25.0 Å². The normalized spacial score (nSPS) is 12.0. The number of sulfonamides is 1. The number of benzene rings is 2. The minimum atomic E-state index is -4.80. The monoisotopic (exact) mass is 397 g/mol. The summed E-state index contributed by atoms with van der Waals surface area (Å²) < 4.78 is 67.5. The van der Waals surface area contributed by atoms with Gasteiger partial charge in [-0.05, 0) is 17.7 Å². The van der Waals surface area contributed by atoms with E-state index in [0.717, 1.165) is 17.7 Å². The maximum atomic E-state index is 12.4. The molecule has 3 aromatic rings. The number of nitrogens with zero attached hydrogens (tertiary/aromatic N) is 1. The van der Waals surface area contributed by atoms with Gasteiger partial charge >= 0.3 is 6.36 Å². The van der Waals surface area contributed by atoms with Crippen molar-refractivity contribution < 1.29 is 26.3 Å². The van der Waals surface area contributed by atoms with Gasteiger partial charge in [-0.2, -0.15) is 5.10 Å². The van der Waals surface area contributed by atoms with Crippen LogP contribution in [0, 0.1) is 0 Å². The Morgan fingerprint density at radius 1 is 1.04 bits per heavy atom. The molecule has 2 N–H and O–H groups in total. The lowest BCUT2D eigenvalue weighted by Crippen LogP contribution is -2.17. The summed E-state index contributed by atoms with van der Waals surface area (Å²) in [5.41, 5.74) is 1.84. The van der Waals surface area contributed by atoms with Crippen molar-refractivity contribution >= 4 is 15.7 Å². The molecule has 0 fully saturated rings. The zero-order valence-electron chi connectivity index (χ0n) is 13.7. The number of hydrogen-bond acceptors (Lipinski definition) is 4. The van der Waals surface area contributed by atoms with Crippen LogP contribution in [0.4, 0.5) is 18.9 Å². The molecule has 0 spiro atoms. The van der Waals surface area contributed by atoms with E-state index in [4.69, 9.17) is 0 Å². The van der Waals surface area contributed by atoms with Crippen molar-refractivity contribution in [2.45, 2.75) is 12.1 Å². The first kappa shape index (κ1) is 18.8. The van der Waals surface area contributed by atoms with Crippen molar-refractivity contribution in [1.82, 2.24) is 10.2 Å². The molecule has 0 saturated carbocycles. The van der Waals surface area contributed by atoms with Crippen LogP contribution in [0.2, 0.25) is 0 Å². The number of rotatable bonds is 6. The number of aromatic nitrogens is 2. The summed E-state index contributed by atoms with van der Waals surface area (Å²) >= 11 is 0. The lowest BCUT2D eigenvalue weighted by atomic mass is 10.1. The molecule has 0 aliphatic heterocycles. The van der Waals surface area contributed by atoms with E-state index in [-0.39, 0.29) is 5.69 Å². The van der Waals surface area contributed by atoms with Gasteiger partial charge in [0, 0.05) is 5.56 Å². The second-order valence-corrected chi connectivity index (χ2v) is 7.30. The zero-order chi connectivity index (χ0) is 19.5. The van der Waals surface area contributed by atoms with E-state index in [1.807, 2.05) is 6.07 Å². The molecule has 0 bridgehead atoms. The van der Waals surface area contributed by atoms with Crippen molar-refractivity contribution in [2.24, 2.45) is 0 Å². The van der Waals surface area contributed by atoms with Gasteiger partial charge in [-0.1, -0.05) is 42.5 Å². The van der Waals surface area contributed by atoms with Crippen LogP contribution in [0.3, 0.4) is 0 Å². The van der Waals surface area contributed by atoms with E-state index < -0.39 is 27.9 Å². The lowest BCUT2D eigenvalue weighted by molar-refractivity contribution is -0.274. The van der Waals surface area contributed by atoms with Gasteiger partial charge in [0.05, 0.1) is 23.3 Å². The molecular formula is C17H14F3N3O3S. The van der Waals surface area contributed by atoms with Gasteiger partial charge in [0.1, 0.15) is 5.75 Å². The molecule has 0 aliphatic rings. The largest absolute Gasteiger partial charge is 0.573 e. The molecule has 1 heterocycles. The molecule has 27 heavy (non-hydrogen) atoms. The predicted octanol–water partition coefficient (Wildman–Crippen LogP) is 3.92. The molecule has 1 aromatic heterocycles. The maximum absolute atomic E-state index is 12.4. The Bertz CT molecular complexity index is 1000. The van der Waals surface area contributed by atoms with E-state index in [0.29, 0.717) is 11.3 Å². The van der Waals surface area contributed by atoms with Crippen LogP contribution >= 0.6 is 0 Å². The molecule has 0 aliphatic carbocycles. The Balaban J connectivity index is 1.72. The second-order valence-electron chi connectivity index (χ2n) is 5.58. The summed E-state index contributed by atoms with van der Waals surface area (Å²) in [6.07, 6.45) is -3.45. The minimum absolute atomic E-state index is 0.276. The van der Waals surface area contributed by atoms with E-state index >= 15 is 0 Å². The maximum Gasteiger partial charge on any atom is 0.573 e. The third-order valence-corrected chi connectivity index (χ3v) is 4.73. The van der Waals surface area contributed by atoms with Crippen LogP contribution in [-0.2, 0) is 15.8 Å². The Morgan fingerprint density at radius 2 is 1.70 bits per heavy atom. The predicted molar refractivity (Wildman–Crippen MR) is 93.4 cm³/mol. The molecule has 10 heteroatoms. The van der Waals surface area contributed by atoms with Crippen molar-refractivity contribution in [3.63, 3.8) is 0 Å². The summed E-state index contributed by atoms with van der Waals surface area (Å²) in [6, 6.07) is 13.7. The lowest BCUT2D eigenvalue weighted by Gasteiger charge is -2.10. The van der Waals surface area contributed by atoms with Crippen LogP contribution in [0.5, 0.6) is 5.75 Å². The number of ether oxygens (including phenoxy) is 1. The van der Waals surface area contributed by atoms with Gasteiger partial charge in [-0.25, -0.2) is 8.42 Å². The van der Waals surface area contributed by atoms with Gasteiger partial charge in [0.2, 0.25) is 10.0 Å². The topological polar surface area (TPSA) is 84.1 Å². The van der Waals surface area contributed by atoms with Crippen molar-refractivity contribution in [1.29, 1.82) is 0 Å². The molecular weight excluding hydrogens is 383 g/mol. The second kappa shape index (κ2) is 7.31. The fourth-order valence-corrected chi connectivity index (χ4v) is 3.59. The van der Waals surface area contributed by atoms with E-state index in [1.165, 1.54) is 18.3 Å². The molecule has 142 valence electrons. The van der Waals surface area contributed by atoms with Crippen LogP contribution in [0.15, 0.2) is 60.8 Å². The highest BCUT2D eigenvalue weighted by atomic mass is 32.2. The third-order valence-electron chi connectivity index (χ3n) is 3.48. The average Bonchev–Trinajstić information content (AvgIpc) is 3.03. The first-order valence-corrected chi connectivity index (χ1v) is 9.31. The standard InChI is InChI=1S/C17H14F3N3O3S/c18-17(19,20)26-14-8-6-12(7-9-14)11-27(24,25)23-15-10-21-22-16(15)13-4-2-1-3-5-13/h1-10,23H,11H2,(H,21,22). The summed E-state index contributed by atoms with van der Waals surface area (Å²) in [4.78, 5) is 0. The fraction of sp³-hybridized carbons (Fsp3) is 0.118. The Kier molecular flexibility index (Phi) is 5.08. The Labute approximate surface area is 153 Å². The van der Waals surface area contributed by atoms with E-state index in [9.17, 15) is 21.6 Å². The van der Waals surface area contributed by atoms with Gasteiger partial charge in [0.25, 0.3) is 0 Å². The molecule has 0 unspecified atom stereocenters. The molecule has 0 atom stereocenters. The quantitative estimate of drug-likeness (QED) is 0.660. The number of hydrogen-bond donors (Lipinski definition) is 2. The smallest absolute Gasteiger partial charge is 0.406 e. The van der Waals surface area contributed by atoms with Crippen molar-refractivity contribution in [2.75, 3.05) is 4.72 Å². The van der Waals surface area contributed by atoms with Crippen molar-refractivity contribution in [3.8, 4) is 17.0 Å². The summed E-state index contributed by atoms with van der Waals surface area (Å²) in [7, 11) is -3.81. The number of aromatic amines is 1. The van der Waals surface area contributed by atoms with Gasteiger partial charge in [0.15, 0.2) is 0 Å². The zero-order valence-corrected chi connectivity index (χ0v) is 14.5. The highest BCUT2D eigenvalue weighted by Gasteiger charge is 2.31. The highest BCUT2D eigenvalue weighted by molar-refractivity contribution is 7.91. The number of halogens is 3. The SMILES string of the molecule is O=S(=O)(Cc1ccc(OC(F)(F)F)cc1)Nc1cn[nH]c1-c1ccccc1. The molecule has 0 amide bonds. The van der Waals surface area contributed by atoms with Gasteiger partial charge < -0.3 is 4.74 Å². The number of anilines is 1. The minimum Gasteiger partial charge on any atom is -0.406 e. The van der Waals surface area contributed by atoms with Gasteiger partial charge in [-0.15, -0.1) is 13.2 Å². The fourth-order valence-electron chi connectivity index (χ4n) is 2.40. The summed E-state index contributed by atoms with van der Waals surface area (Å²) in [5, 5.41) is 6.60. The van der Waals surface area contributed by atoms with Crippen LogP contribution in [0.1, 0.15) is 5.56 Å². The molecule has 0 radical (unpaired) electrons. The number of alkyl halides is 3. The summed E-state index contributed by atoms with van der Waals surface area (Å²) in [5.74, 6) is -0.837. The highest BCUT2D eigenvalue weighted by Crippen LogP contribution is 2.27. The van der Waals surface area contributed by atoms with Gasteiger partial charge in [-0.3, -0.25) is 9.82 Å². The van der Waals surface area contributed by atoms with Crippen LogP contribution < -0.4 is 9.46 Å². The number of H-pyrrole nitrogens is 1. The van der Waals surface area contributed by atoms with Crippen molar-refractivity contribution in [3.05, 3.63) is 66.4 Å². The first-order valence-electron chi connectivity index (χ1n) is 7.66. The Morgan fingerprint density at radius 3 is 2.33 bits per heavy atom. The molecule has 2 aromatic carbocycles. The Hall–Kier alpha value is -3.01. The first-order chi connectivity index (χ1) is 12.7. The molecule has 0 saturated heterocycles. The third kappa shape index (κ3) is 5.23. The average molecular weight is 397 g/mol. The summed E-state index contributed by atoms with van der Waals surface area (Å²) in [6.45, 7) is 0. The van der Waals surface area contributed by atoms with Crippen LogP contribution in [0.25, 0.3) is 11.3 Å². The molecule has 3 rings (SSSR count). The van der Waals surface area contributed by atoms with E-state index in [1.54, 1.807) is 24.3 Å². The van der Waals surface area contributed by atoms with E-state index in [2.05, 4.69) is 19.7 Å². The number of nitrogens with one attached hydrogen (secondary N) is 2.